The van der Waals surface area contributed by atoms with Crippen molar-refractivity contribution >= 4 is 22.6 Å². The van der Waals surface area contributed by atoms with Gasteiger partial charge in [-0.3, -0.25) is 9.78 Å². The molecule has 1 saturated heterocycles. The zero-order valence-corrected chi connectivity index (χ0v) is 20.7. The van der Waals surface area contributed by atoms with Crippen LogP contribution in [0.4, 0.5) is 19.0 Å². The van der Waals surface area contributed by atoms with Crippen LogP contribution in [0.15, 0.2) is 30.5 Å². The number of benzene rings is 1. The number of carbonyl (C=O) groups is 1. The van der Waals surface area contributed by atoms with Crippen LogP contribution in [0.5, 0.6) is 0 Å². The lowest BCUT2D eigenvalue weighted by atomic mass is 9.89. The fourth-order valence-electron chi connectivity index (χ4n) is 5.24. The second-order valence-electron chi connectivity index (χ2n) is 10.1. The first kappa shape index (κ1) is 24.5. The summed E-state index contributed by atoms with van der Waals surface area (Å²) in [7, 11) is 0. The summed E-state index contributed by atoms with van der Waals surface area (Å²) in [6, 6.07) is 5.88. The monoisotopic (exact) mass is 497 g/mol. The van der Waals surface area contributed by atoms with Crippen molar-refractivity contribution in [2.75, 3.05) is 18.4 Å². The number of alkyl halides is 3. The molecule has 1 amide bonds. The zero-order valence-electron chi connectivity index (χ0n) is 20.7. The summed E-state index contributed by atoms with van der Waals surface area (Å²) in [6.45, 7) is 6.66. The third kappa shape index (κ3) is 4.75. The Morgan fingerprint density at radius 2 is 1.83 bits per heavy atom. The minimum atomic E-state index is -4.41. The van der Waals surface area contributed by atoms with E-state index in [1.54, 1.807) is 6.07 Å². The number of aromatic nitrogens is 3. The van der Waals surface area contributed by atoms with E-state index >= 15 is 0 Å². The van der Waals surface area contributed by atoms with Gasteiger partial charge < -0.3 is 10.2 Å². The van der Waals surface area contributed by atoms with E-state index in [0.717, 1.165) is 55.8 Å². The standard InChI is InChI=1S/C27H30F3N5O/c1-15-21(5-4-6-23(15)27(28,29)30)16(2)32-25-22-13-20(14-31-24(22)17(3)33-34-25)18-9-11-35(12-10-18)26(36)19-7-8-19/h4-6,13-14,16,18-19H,7-12H2,1-3H3,(H,32,34)/t16-/m1/s1. The highest BCUT2D eigenvalue weighted by Crippen LogP contribution is 2.37. The number of nitrogens with zero attached hydrogens (tertiary/aromatic N) is 4. The minimum absolute atomic E-state index is 0.195. The molecule has 0 radical (unpaired) electrons. The van der Waals surface area contributed by atoms with E-state index in [1.165, 1.54) is 13.0 Å². The average Bonchev–Trinajstić information content (AvgIpc) is 3.70. The van der Waals surface area contributed by atoms with Crippen LogP contribution in [0.25, 0.3) is 10.9 Å². The fourth-order valence-corrected chi connectivity index (χ4v) is 5.24. The number of hydrogen-bond acceptors (Lipinski definition) is 5. The normalized spacial score (nSPS) is 17.9. The summed E-state index contributed by atoms with van der Waals surface area (Å²) >= 11 is 0. The molecule has 5 rings (SSSR count). The largest absolute Gasteiger partial charge is 0.416 e. The molecule has 190 valence electrons. The number of aryl methyl sites for hydroxylation is 1. The number of piperidine rings is 1. The van der Waals surface area contributed by atoms with Crippen LogP contribution in [-0.4, -0.2) is 39.1 Å². The van der Waals surface area contributed by atoms with Crippen molar-refractivity contribution in [2.45, 2.75) is 64.6 Å². The van der Waals surface area contributed by atoms with Gasteiger partial charge in [-0.1, -0.05) is 12.1 Å². The van der Waals surface area contributed by atoms with Gasteiger partial charge in [0.1, 0.15) is 0 Å². The van der Waals surface area contributed by atoms with Gasteiger partial charge in [0, 0.05) is 30.6 Å². The number of halogens is 3. The van der Waals surface area contributed by atoms with Crippen LogP contribution < -0.4 is 5.32 Å². The van der Waals surface area contributed by atoms with E-state index in [9.17, 15) is 18.0 Å². The number of nitrogens with one attached hydrogen (secondary N) is 1. The Bertz CT molecular complexity index is 1300. The Morgan fingerprint density at radius 3 is 2.50 bits per heavy atom. The molecule has 1 aliphatic carbocycles. The van der Waals surface area contributed by atoms with Gasteiger partial charge in [-0.25, -0.2) is 0 Å². The number of amides is 1. The molecule has 36 heavy (non-hydrogen) atoms. The van der Waals surface area contributed by atoms with E-state index in [0.29, 0.717) is 28.5 Å². The summed E-state index contributed by atoms with van der Waals surface area (Å²) in [4.78, 5) is 19.1. The van der Waals surface area contributed by atoms with Crippen molar-refractivity contribution in [1.29, 1.82) is 0 Å². The quantitative estimate of drug-likeness (QED) is 0.472. The molecule has 2 aromatic heterocycles. The van der Waals surface area contributed by atoms with Crippen molar-refractivity contribution < 1.29 is 18.0 Å². The second-order valence-corrected chi connectivity index (χ2v) is 10.1. The Balaban J connectivity index is 1.40. The predicted octanol–water partition coefficient (Wildman–Crippen LogP) is 5.95. The number of hydrogen-bond donors (Lipinski definition) is 1. The first-order chi connectivity index (χ1) is 17.1. The molecule has 0 unspecified atom stereocenters. The summed E-state index contributed by atoms with van der Waals surface area (Å²) in [5.41, 5.74) is 2.60. The summed E-state index contributed by atoms with van der Waals surface area (Å²) in [6.07, 6.45) is 1.26. The smallest absolute Gasteiger partial charge is 0.361 e. The number of pyridine rings is 1. The predicted molar refractivity (Wildman–Crippen MR) is 132 cm³/mol. The summed E-state index contributed by atoms with van der Waals surface area (Å²) < 4.78 is 40.3. The van der Waals surface area contributed by atoms with Crippen molar-refractivity contribution in [3.05, 3.63) is 58.4 Å². The van der Waals surface area contributed by atoms with E-state index in [1.807, 2.05) is 24.9 Å². The lowest BCUT2D eigenvalue weighted by Gasteiger charge is -2.32. The van der Waals surface area contributed by atoms with Gasteiger partial charge in [0.2, 0.25) is 5.91 Å². The third-order valence-electron chi connectivity index (χ3n) is 7.51. The lowest BCUT2D eigenvalue weighted by Crippen LogP contribution is -2.38. The van der Waals surface area contributed by atoms with Crippen LogP contribution in [0.2, 0.25) is 0 Å². The maximum Gasteiger partial charge on any atom is 0.416 e. The first-order valence-corrected chi connectivity index (χ1v) is 12.5. The minimum Gasteiger partial charge on any atom is -0.361 e. The fraction of sp³-hybridized carbons (Fsp3) is 0.481. The molecule has 6 nitrogen and oxygen atoms in total. The highest BCUT2D eigenvalue weighted by Gasteiger charge is 2.35. The van der Waals surface area contributed by atoms with Gasteiger partial charge in [-0.05, 0) is 81.2 Å². The van der Waals surface area contributed by atoms with Crippen molar-refractivity contribution in [2.24, 2.45) is 5.92 Å². The van der Waals surface area contributed by atoms with Crippen molar-refractivity contribution in [1.82, 2.24) is 20.1 Å². The summed E-state index contributed by atoms with van der Waals surface area (Å²) in [5.74, 6) is 1.31. The Hall–Kier alpha value is -3.23. The van der Waals surface area contributed by atoms with Crippen molar-refractivity contribution in [3.63, 3.8) is 0 Å². The second kappa shape index (κ2) is 9.33. The topological polar surface area (TPSA) is 71.0 Å². The molecule has 9 heteroatoms. The maximum absolute atomic E-state index is 13.4. The van der Waals surface area contributed by atoms with Crippen molar-refractivity contribution in [3.8, 4) is 0 Å². The van der Waals surface area contributed by atoms with E-state index in [4.69, 9.17) is 0 Å². The van der Waals surface area contributed by atoms with E-state index in [2.05, 4.69) is 26.6 Å². The van der Waals surface area contributed by atoms with Crippen LogP contribution in [0, 0.1) is 19.8 Å². The molecule has 2 aliphatic rings. The highest BCUT2D eigenvalue weighted by molar-refractivity contribution is 5.90. The number of likely N-dealkylation sites (tertiary alicyclic amines) is 1. The van der Waals surface area contributed by atoms with E-state index < -0.39 is 17.8 Å². The molecule has 1 saturated carbocycles. The van der Waals surface area contributed by atoms with Gasteiger partial charge in [0.05, 0.1) is 22.8 Å². The molecule has 1 aromatic carbocycles. The van der Waals surface area contributed by atoms with Crippen LogP contribution in [0.1, 0.15) is 72.5 Å². The van der Waals surface area contributed by atoms with Gasteiger partial charge in [-0.15, -0.1) is 5.10 Å². The molecule has 3 aromatic rings. The van der Waals surface area contributed by atoms with Crippen LogP contribution >= 0.6 is 0 Å². The number of anilines is 1. The number of fused-ring (bicyclic) bond motifs is 1. The molecule has 0 spiro atoms. The molecule has 1 atom stereocenters. The first-order valence-electron chi connectivity index (χ1n) is 12.5. The zero-order chi connectivity index (χ0) is 25.6. The maximum atomic E-state index is 13.4. The Morgan fingerprint density at radius 1 is 1.11 bits per heavy atom. The molecular formula is C27H30F3N5O. The van der Waals surface area contributed by atoms with Gasteiger partial charge in [-0.2, -0.15) is 18.3 Å². The van der Waals surface area contributed by atoms with Gasteiger partial charge in [0.15, 0.2) is 5.82 Å². The Kier molecular flexibility index (Phi) is 6.34. The molecule has 3 heterocycles. The number of rotatable bonds is 5. The highest BCUT2D eigenvalue weighted by atomic mass is 19.4. The van der Waals surface area contributed by atoms with Gasteiger partial charge >= 0.3 is 6.18 Å². The molecule has 1 N–H and O–H groups in total. The van der Waals surface area contributed by atoms with Crippen LogP contribution in [0.3, 0.4) is 0 Å². The van der Waals surface area contributed by atoms with E-state index in [-0.39, 0.29) is 17.4 Å². The third-order valence-corrected chi connectivity index (χ3v) is 7.51. The van der Waals surface area contributed by atoms with Gasteiger partial charge in [0.25, 0.3) is 0 Å². The SMILES string of the molecule is Cc1c([C@@H](C)Nc2nnc(C)c3ncc(C4CCN(C(=O)C5CC5)CC4)cc23)cccc1C(F)(F)F. The summed E-state index contributed by atoms with van der Waals surface area (Å²) in [5, 5.41) is 12.7. The molecule has 2 fully saturated rings. The lowest BCUT2D eigenvalue weighted by molar-refractivity contribution is -0.138. The Labute approximate surface area is 208 Å². The van der Waals surface area contributed by atoms with Crippen LogP contribution in [-0.2, 0) is 11.0 Å². The molecular weight excluding hydrogens is 467 g/mol. The molecule has 1 aliphatic heterocycles. The molecule has 0 bridgehead atoms. The number of carbonyl (C=O) groups excluding carboxylic acids is 1. The average molecular weight is 498 g/mol.